The summed E-state index contributed by atoms with van der Waals surface area (Å²) in [7, 11) is 1.32. The summed E-state index contributed by atoms with van der Waals surface area (Å²) in [5, 5.41) is 1.08. The molecule has 0 N–H and O–H groups in total. The highest BCUT2D eigenvalue weighted by atomic mass is 32.8. The maximum atomic E-state index is 5.29. The van der Waals surface area contributed by atoms with Crippen LogP contribution in [0.4, 0.5) is 0 Å². The van der Waals surface area contributed by atoms with Crippen LogP contribution in [-0.4, -0.2) is 0 Å². The highest BCUT2D eigenvalue weighted by Gasteiger charge is 1.92. The molecule has 1 aromatic heterocycles. The number of hydrogen-bond acceptors (Lipinski definition) is 2. The smallest absolute Gasteiger partial charge is 0.135 e. The third kappa shape index (κ3) is 1.21. The van der Waals surface area contributed by atoms with Crippen LogP contribution < -0.4 is 0 Å². The average Bonchev–Trinajstić information content (AvgIpc) is 2.17. The van der Waals surface area contributed by atoms with Gasteiger partial charge in [-0.05, 0) is 29.4 Å². The first-order chi connectivity index (χ1) is 5.92. The monoisotopic (exact) mass is 194 g/mol. The van der Waals surface area contributed by atoms with Crippen molar-refractivity contribution in [3.05, 3.63) is 41.1 Å². The van der Waals surface area contributed by atoms with Crippen LogP contribution >= 0.6 is 0 Å². The van der Waals surface area contributed by atoms with E-state index in [1.807, 2.05) is 30.3 Å². The van der Waals surface area contributed by atoms with Gasteiger partial charge in [-0.25, -0.2) is 0 Å². The molecule has 2 aromatic rings. The van der Waals surface area contributed by atoms with Crippen LogP contribution in [-0.2, 0) is 21.1 Å². The Labute approximate surface area is 77.9 Å². The molecule has 12 heavy (non-hydrogen) atoms. The van der Waals surface area contributed by atoms with Crippen molar-refractivity contribution in [2.45, 2.75) is 0 Å². The molecule has 3 heteroatoms. The average molecular weight is 194 g/mol. The highest BCUT2D eigenvalue weighted by Crippen LogP contribution is 2.12. The van der Waals surface area contributed by atoms with E-state index < -0.39 is 0 Å². The molecule has 0 amide bonds. The summed E-state index contributed by atoms with van der Waals surface area (Å²) < 4.78 is 6.37. The van der Waals surface area contributed by atoms with E-state index in [9.17, 15) is 0 Å². The van der Waals surface area contributed by atoms with E-state index in [2.05, 4.69) is 0 Å². The van der Waals surface area contributed by atoms with Gasteiger partial charge in [0.15, 0.2) is 0 Å². The molecule has 0 atom stereocenters. The number of rotatable bonds is 0. The minimum Gasteiger partial charge on any atom is -0.464 e. The molecule has 1 aromatic carbocycles. The molecule has 0 aliphatic rings. The third-order valence-electron chi connectivity index (χ3n) is 1.66. The predicted molar refractivity (Wildman–Crippen MR) is 54.2 cm³/mol. The van der Waals surface area contributed by atoms with E-state index in [0.717, 1.165) is 15.5 Å². The van der Waals surface area contributed by atoms with Gasteiger partial charge in [0.05, 0.1) is 10.8 Å². The lowest BCUT2D eigenvalue weighted by Gasteiger charge is -1.93. The Morgan fingerprint density at radius 2 is 2.00 bits per heavy atom. The van der Waals surface area contributed by atoms with E-state index in [1.54, 1.807) is 6.26 Å². The van der Waals surface area contributed by atoms with Crippen molar-refractivity contribution in [1.29, 1.82) is 0 Å². The summed E-state index contributed by atoms with van der Waals surface area (Å²) in [6.45, 7) is 0. The second-order valence-electron chi connectivity index (χ2n) is 2.36. The molecular weight excluding hydrogens is 188 g/mol. The first-order valence-corrected chi connectivity index (χ1v) is 5.25. The van der Waals surface area contributed by atoms with Crippen LogP contribution in [0.15, 0.2) is 41.0 Å². The molecule has 0 unspecified atom stereocenters. The van der Waals surface area contributed by atoms with E-state index in [4.69, 9.17) is 15.6 Å². The van der Waals surface area contributed by atoms with Crippen LogP contribution in [0.3, 0.4) is 0 Å². The van der Waals surface area contributed by atoms with Crippen molar-refractivity contribution in [3.8, 4) is 0 Å². The van der Waals surface area contributed by atoms with Gasteiger partial charge in [-0.3, -0.25) is 0 Å². The summed E-state index contributed by atoms with van der Waals surface area (Å²) in [4.78, 5) is 0. The minimum atomic E-state index is 0.882. The van der Waals surface area contributed by atoms with Crippen LogP contribution in [0, 0.1) is 4.51 Å². The largest absolute Gasteiger partial charge is 0.464 e. The van der Waals surface area contributed by atoms with Crippen molar-refractivity contribution < 1.29 is 4.42 Å². The van der Waals surface area contributed by atoms with E-state index in [0.29, 0.717) is 0 Å². The second kappa shape index (κ2) is 3.21. The number of benzene rings is 1. The molecule has 1 nitrogen and oxygen atoms in total. The predicted octanol–water partition coefficient (Wildman–Crippen LogP) is 2.51. The molecule has 0 saturated carbocycles. The molecule has 0 saturated heterocycles. The lowest BCUT2D eigenvalue weighted by atomic mass is 10.2. The zero-order chi connectivity index (χ0) is 8.39. The molecule has 0 aliphatic carbocycles. The quantitative estimate of drug-likeness (QED) is 0.598. The first-order valence-electron chi connectivity index (χ1n) is 3.51. The standard InChI is InChI=1S/C9H6OS2/c11-12-9-5-6-10-8-4-2-1-3-7(8)9/h1-6H. The molecule has 60 valence electrons. The van der Waals surface area contributed by atoms with E-state index >= 15 is 0 Å². The zero-order valence-electron chi connectivity index (χ0n) is 6.19. The van der Waals surface area contributed by atoms with Gasteiger partial charge < -0.3 is 4.42 Å². The molecular formula is C9H6OS2. The van der Waals surface area contributed by atoms with Gasteiger partial charge in [-0.2, -0.15) is 0 Å². The van der Waals surface area contributed by atoms with Crippen LogP contribution in [0.1, 0.15) is 0 Å². The second-order valence-corrected chi connectivity index (χ2v) is 3.47. The first kappa shape index (κ1) is 7.71. The van der Waals surface area contributed by atoms with Crippen molar-refractivity contribution in [2.24, 2.45) is 0 Å². The lowest BCUT2D eigenvalue weighted by Crippen LogP contribution is -1.72. The van der Waals surface area contributed by atoms with E-state index in [-0.39, 0.29) is 0 Å². The Kier molecular flexibility index (Phi) is 2.06. The SMILES string of the molecule is S=S=c1ccoc2ccccc12. The Morgan fingerprint density at radius 3 is 2.83 bits per heavy atom. The fourth-order valence-corrected chi connectivity index (χ4v) is 1.91. The molecule has 2 rings (SSSR count). The van der Waals surface area contributed by atoms with Gasteiger partial charge in [0.25, 0.3) is 0 Å². The number of hydrogen-bond donors (Lipinski definition) is 0. The molecule has 0 fully saturated rings. The Hall–Kier alpha value is -0.930. The molecule has 0 bridgehead atoms. The minimum absolute atomic E-state index is 0.882. The summed E-state index contributed by atoms with van der Waals surface area (Å²) in [5.41, 5.74) is 0.882. The fourth-order valence-electron chi connectivity index (χ4n) is 1.10. The maximum Gasteiger partial charge on any atom is 0.135 e. The Bertz CT molecular complexity index is 490. The van der Waals surface area contributed by atoms with Gasteiger partial charge in [0.1, 0.15) is 5.58 Å². The fraction of sp³-hybridized carbons (Fsp3) is 0. The Balaban J connectivity index is 3.09. The highest BCUT2D eigenvalue weighted by molar-refractivity contribution is 8.13. The van der Waals surface area contributed by atoms with Crippen molar-refractivity contribution >= 4 is 32.1 Å². The van der Waals surface area contributed by atoms with Gasteiger partial charge in [-0.1, -0.05) is 22.0 Å². The lowest BCUT2D eigenvalue weighted by molar-refractivity contribution is 0.603. The Morgan fingerprint density at radius 1 is 1.17 bits per heavy atom. The molecule has 0 radical (unpaired) electrons. The van der Waals surface area contributed by atoms with Crippen LogP contribution in [0.25, 0.3) is 11.0 Å². The summed E-state index contributed by atoms with van der Waals surface area (Å²) in [5.74, 6) is 0. The van der Waals surface area contributed by atoms with Crippen molar-refractivity contribution in [3.63, 3.8) is 0 Å². The number of fused-ring (bicyclic) bond motifs is 1. The van der Waals surface area contributed by atoms with Gasteiger partial charge in [0.2, 0.25) is 0 Å². The van der Waals surface area contributed by atoms with Crippen molar-refractivity contribution in [2.75, 3.05) is 0 Å². The van der Waals surface area contributed by atoms with Gasteiger partial charge in [0, 0.05) is 5.39 Å². The van der Waals surface area contributed by atoms with E-state index in [1.165, 1.54) is 9.91 Å². The molecule has 0 spiro atoms. The van der Waals surface area contributed by atoms with Gasteiger partial charge in [-0.15, -0.1) is 0 Å². The maximum absolute atomic E-state index is 5.29. The zero-order valence-corrected chi connectivity index (χ0v) is 7.82. The van der Waals surface area contributed by atoms with Crippen molar-refractivity contribution in [1.82, 2.24) is 0 Å². The topological polar surface area (TPSA) is 13.1 Å². The summed E-state index contributed by atoms with van der Waals surface area (Å²) in [6.07, 6.45) is 1.66. The molecule has 0 aliphatic heterocycles. The third-order valence-corrected chi connectivity index (χ3v) is 2.73. The molecule has 1 heterocycles. The number of para-hydroxylation sites is 1. The van der Waals surface area contributed by atoms with Gasteiger partial charge >= 0.3 is 0 Å². The van der Waals surface area contributed by atoms with Crippen LogP contribution in [0.2, 0.25) is 0 Å². The summed E-state index contributed by atoms with van der Waals surface area (Å²) in [6, 6.07) is 9.76. The van der Waals surface area contributed by atoms with Crippen LogP contribution in [0.5, 0.6) is 0 Å². The normalized spacial score (nSPS) is 10.0. The summed E-state index contributed by atoms with van der Waals surface area (Å²) >= 11 is 4.92.